The number of rotatable bonds is 5. The van der Waals surface area contributed by atoms with Crippen LogP contribution < -0.4 is 4.72 Å². The average molecular weight is 373 g/mol. The fraction of sp³-hybridized carbons (Fsp3) is 0.643. The van der Waals surface area contributed by atoms with Crippen molar-refractivity contribution in [2.75, 3.05) is 0 Å². The molecule has 0 aromatic carbocycles. The zero-order valence-electron chi connectivity index (χ0n) is 12.6. The van der Waals surface area contributed by atoms with Crippen molar-refractivity contribution in [2.45, 2.75) is 54.3 Å². The van der Waals surface area contributed by atoms with E-state index in [0.717, 1.165) is 49.9 Å². The number of halogens is 1. The van der Waals surface area contributed by atoms with E-state index in [4.69, 9.17) is 11.6 Å². The molecule has 0 saturated heterocycles. The van der Waals surface area contributed by atoms with E-state index in [1.807, 2.05) is 0 Å². The molecule has 3 rings (SSSR count). The van der Waals surface area contributed by atoms with Gasteiger partial charge in [0.2, 0.25) is 0 Å². The number of sulfonamides is 1. The predicted molar refractivity (Wildman–Crippen MR) is 92.3 cm³/mol. The van der Waals surface area contributed by atoms with Crippen LogP contribution in [0.5, 0.6) is 0 Å². The molecule has 0 spiro atoms. The number of nitrogens with zero attached hydrogens (tertiary/aromatic N) is 1. The molecule has 2 bridgehead atoms. The second-order valence-electron chi connectivity index (χ2n) is 6.22. The van der Waals surface area contributed by atoms with E-state index in [0.29, 0.717) is 11.5 Å². The summed E-state index contributed by atoms with van der Waals surface area (Å²) >= 11 is 6.91. The average Bonchev–Trinajstić information content (AvgIpc) is 3.01. The van der Waals surface area contributed by atoms with Crippen LogP contribution in [0.2, 0.25) is 4.34 Å². The summed E-state index contributed by atoms with van der Waals surface area (Å²) in [4.78, 5) is 4.48. The van der Waals surface area contributed by atoms with E-state index in [2.05, 4.69) is 9.71 Å². The van der Waals surface area contributed by atoms with Crippen LogP contribution in [0.3, 0.4) is 0 Å². The van der Waals surface area contributed by atoms with E-state index < -0.39 is 15.6 Å². The molecule has 1 heterocycles. The number of fused-ring (bicyclic) bond motifs is 2. The first-order valence-electron chi connectivity index (χ1n) is 7.73. The molecule has 3 atom stereocenters. The molecule has 2 fully saturated rings. The summed E-state index contributed by atoms with van der Waals surface area (Å²) in [6.45, 7) is 0. The van der Waals surface area contributed by atoms with Gasteiger partial charge in [-0.1, -0.05) is 0 Å². The maximum absolute atomic E-state index is 12.7. The standard InChI is InChI=1S/C14H18BClN2O3S2/c16-11-4-5-12(22-11)23(20,21)18-13-10-3-1-2-7-14(13,8-6-10)17-9-15-19/h4-5,9-10,13,18H,1-3,6-8H2. The van der Waals surface area contributed by atoms with Gasteiger partial charge >= 0.3 is 146 Å². The van der Waals surface area contributed by atoms with Gasteiger partial charge in [0.25, 0.3) is 0 Å². The summed E-state index contributed by atoms with van der Waals surface area (Å²) in [7, 11) is -2.96. The zero-order valence-corrected chi connectivity index (χ0v) is 15.0. The van der Waals surface area contributed by atoms with Crippen molar-refractivity contribution in [3.63, 3.8) is 0 Å². The van der Waals surface area contributed by atoms with Crippen LogP contribution in [0.4, 0.5) is 0 Å². The summed E-state index contributed by atoms with van der Waals surface area (Å²) in [5.41, 5.74) is -0.490. The number of aliphatic imine (C=N–C) groups is 1. The van der Waals surface area contributed by atoms with Crippen LogP contribution >= 0.6 is 22.9 Å². The summed E-state index contributed by atoms with van der Waals surface area (Å²) in [5.74, 6) is 0.270. The van der Waals surface area contributed by atoms with Crippen molar-refractivity contribution < 1.29 is 13.1 Å². The van der Waals surface area contributed by atoms with Crippen LogP contribution in [0.1, 0.15) is 38.5 Å². The van der Waals surface area contributed by atoms with Crippen molar-refractivity contribution in [2.24, 2.45) is 10.9 Å². The van der Waals surface area contributed by atoms with Crippen molar-refractivity contribution in [1.29, 1.82) is 0 Å². The SMILES string of the molecule is O=BC=NC12CCCCC(CC1)C2NS(=O)(=O)c1ccc(Cl)s1. The Balaban J connectivity index is 1.92. The van der Waals surface area contributed by atoms with Gasteiger partial charge in [-0.15, -0.1) is 0 Å². The van der Waals surface area contributed by atoms with Gasteiger partial charge < -0.3 is 0 Å². The zero-order chi connectivity index (χ0) is 16.5. The first-order chi connectivity index (χ1) is 11.0. The molecule has 0 radical (unpaired) electrons. The second kappa shape index (κ2) is 6.74. The van der Waals surface area contributed by atoms with E-state index in [9.17, 15) is 13.1 Å². The van der Waals surface area contributed by atoms with Gasteiger partial charge in [-0.2, -0.15) is 0 Å². The molecule has 1 aromatic heterocycles. The van der Waals surface area contributed by atoms with Gasteiger partial charge in [-0.3, -0.25) is 0 Å². The van der Waals surface area contributed by atoms with Crippen molar-refractivity contribution in [3.8, 4) is 0 Å². The normalized spacial score (nSPS) is 31.2. The Morgan fingerprint density at radius 2 is 2.17 bits per heavy atom. The molecule has 2 aliphatic rings. The molecule has 0 aliphatic heterocycles. The predicted octanol–water partition coefficient (Wildman–Crippen LogP) is 2.85. The molecular formula is C14H18BClN2O3S2. The Kier molecular flexibility index (Phi) is 5.06. The topological polar surface area (TPSA) is 75.6 Å². The van der Waals surface area contributed by atoms with Crippen molar-refractivity contribution in [1.82, 2.24) is 4.72 Å². The Bertz CT molecular complexity index is 721. The second-order valence-corrected chi connectivity index (χ2v) is 9.88. The third-order valence-electron chi connectivity index (χ3n) is 4.92. The molecule has 0 amide bonds. The van der Waals surface area contributed by atoms with E-state index >= 15 is 0 Å². The van der Waals surface area contributed by atoms with Gasteiger partial charge in [0.15, 0.2) is 0 Å². The first-order valence-corrected chi connectivity index (χ1v) is 10.4. The van der Waals surface area contributed by atoms with Gasteiger partial charge in [-0.25, -0.2) is 0 Å². The number of thiophene rings is 1. The minimum atomic E-state index is -3.62. The minimum absolute atomic E-state index is 0.223. The number of nitrogens with one attached hydrogen (secondary N) is 1. The molecule has 5 nitrogen and oxygen atoms in total. The Morgan fingerprint density at radius 3 is 2.87 bits per heavy atom. The third kappa shape index (κ3) is 3.45. The van der Waals surface area contributed by atoms with Crippen molar-refractivity contribution in [3.05, 3.63) is 16.5 Å². The van der Waals surface area contributed by atoms with E-state index in [-0.39, 0.29) is 16.2 Å². The van der Waals surface area contributed by atoms with E-state index in [1.54, 1.807) is 6.07 Å². The van der Waals surface area contributed by atoms with Crippen LogP contribution in [0, 0.1) is 5.92 Å². The van der Waals surface area contributed by atoms with Gasteiger partial charge in [0, 0.05) is 0 Å². The maximum atomic E-state index is 12.7. The summed E-state index contributed by atoms with van der Waals surface area (Å²) in [6, 6.07) is 2.85. The molecule has 1 N–H and O–H groups in total. The molecular weight excluding hydrogens is 355 g/mol. The molecule has 1 aromatic rings. The van der Waals surface area contributed by atoms with Crippen LogP contribution in [-0.4, -0.2) is 33.3 Å². The van der Waals surface area contributed by atoms with E-state index in [1.165, 1.54) is 12.2 Å². The molecule has 124 valence electrons. The fourth-order valence-corrected chi connectivity index (χ4v) is 6.76. The first kappa shape index (κ1) is 17.3. The molecule has 2 aliphatic carbocycles. The van der Waals surface area contributed by atoms with Crippen LogP contribution in [-0.2, 0) is 14.7 Å². The number of hydrogen-bond donors (Lipinski definition) is 1. The van der Waals surface area contributed by atoms with Gasteiger partial charge in [-0.05, 0) is 0 Å². The fourth-order valence-electron chi connectivity index (χ4n) is 3.89. The van der Waals surface area contributed by atoms with Crippen LogP contribution in [0.15, 0.2) is 21.3 Å². The monoisotopic (exact) mass is 372 g/mol. The van der Waals surface area contributed by atoms with Gasteiger partial charge in [0.1, 0.15) is 0 Å². The molecule has 9 heteroatoms. The molecule has 23 heavy (non-hydrogen) atoms. The molecule has 2 saturated carbocycles. The quantitative estimate of drug-likeness (QED) is 0.638. The van der Waals surface area contributed by atoms with Crippen molar-refractivity contribution >= 4 is 46.2 Å². The Morgan fingerprint density at radius 1 is 1.35 bits per heavy atom. The Hall–Kier alpha value is -0.565. The molecule has 3 unspecified atom stereocenters. The Labute approximate surface area is 145 Å². The van der Waals surface area contributed by atoms with Crippen LogP contribution in [0.25, 0.3) is 0 Å². The summed E-state index contributed by atoms with van der Waals surface area (Å²) in [6.07, 6.45) is 6.93. The summed E-state index contributed by atoms with van der Waals surface area (Å²) < 4.78 is 39.6. The third-order valence-corrected chi connectivity index (χ3v) is 8.09. The number of hydrogen-bond acceptors (Lipinski definition) is 5. The van der Waals surface area contributed by atoms with Gasteiger partial charge in [0.05, 0.1) is 0 Å². The summed E-state index contributed by atoms with van der Waals surface area (Å²) in [5, 5.41) is 0.